The second-order valence-electron chi connectivity index (χ2n) is 4.07. The summed E-state index contributed by atoms with van der Waals surface area (Å²) in [6.07, 6.45) is 1.06. The Kier molecular flexibility index (Phi) is 2.66. The van der Waals surface area contributed by atoms with Crippen LogP contribution in [-0.4, -0.2) is 24.7 Å². The number of nitrogens with one attached hydrogen (secondary N) is 1. The molecule has 0 spiro atoms. The minimum Gasteiger partial charge on any atom is -0.493 e. The first-order valence-electron chi connectivity index (χ1n) is 5.57. The van der Waals surface area contributed by atoms with Crippen LogP contribution in [-0.2, 0) is 0 Å². The van der Waals surface area contributed by atoms with Crippen molar-refractivity contribution in [3.8, 4) is 23.1 Å². The third-order valence-electron chi connectivity index (χ3n) is 2.85. The summed E-state index contributed by atoms with van der Waals surface area (Å²) in [7, 11) is 0. The Morgan fingerprint density at radius 3 is 2.57 bits per heavy atom. The highest BCUT2D eigenvalue weighted by molar-refractivity contribution is 5.70. The molecule has 0 fully saturated rings. The molecule has 2 N–H and O–H groups in total. The normalized spacial score (nSPS) is 10.7. The molecule has 21 heavy (non-hydrogen) atoms. The molecule has 7 nitrogen and oxygen atoms in total. The van der Waals surface area contributed by atoms with Crippen LogP contribution in [0.5, 0.6) is 5.88 Å². The first kappa shape index (κ1) is 12.7. The number of nitriles is 1. The van der Waals surface area contributed by atoms with Crippen LogP contribution in [0.25, 0.3) is 16.9 Å². The molecule has 0 amide bonds. The van der Waals surface area contributed by atoms with E-state index in [0.717, 1.165) is 23.0 Å². The highest BCUT2D eigenvalue weighted by atomic mass is 19.1. The maximum Gasteiger partial charge on any atom is 0.264 e. The summed E-state index contributed by atoms with van der Waals surface area (Å²) in [5.74, 6) is -3.12. The van der Waals surface area contributed by atoms with Crippen LogP contribution in [0.2, 0.25) is 0 Å². The molecule has 1 aromatic carbocycles. The number of hydrogen-bond acceptors (Lipinski definition) is 5. The molecule has 3 rings (SSSR count). The minimum absolute atomic E-state index is 0.0734. The summed E-state index contributed by atoms with van der Waals surface area (Å²) >= 11 is 0. The van der Waals surface area contributed by atoms with Crippen molar-refractivity contribution in [2.24, 2.45) is 0 Å². The number of hydrogen-bond donors (Lipinski definition) is 2. The Balaban J connectivity index is 2.41. The van der Waals surface area contributed by atoms with Crippen molar-refractivity contribution in [2.45, 2.75) is 0 Å². The summed E-state index contributed by atoms with van der Waals surface area (Å²) in [6, 6.07) is 3.12. The zero-order valence-electron chi connectivity index (χ0n) is 10.1. The zero-order valence-corrected chi connectivity index (χ0v) is 10.1. The number of aromatic nitrogens is 4. The summed E-state index contributed by atoms with van der Waals surface area (Å²) < 4.78 is 28.8. The number of fused-ring (bicyclic) bond motifs is 1. The number of benzene rings is 1. The minimum atomic E-state index is -1.15. The van der Waals surface area contributed by atoms with Gasteiger partial charge in [-0.3, -0.25) is 9.78 Å². The van der Waals surface area contributed by atoms with E-state index >= 15 is 0 Å². The molecule has 0 bridgehead atoms. The molecule has 0 atom stereocenters. The van der Waals surface area contributed by atoms with Gasteiger partial charge in [0.1, 0.15) is 23.5 Å². The van der Waals surface area contributed by atoms with Gasteiger partial charge in [0.05, 0.1) is 17.2 Å². The van der Waals surface area contributed by atoms with Crippen molar-refractivity contribution in [1.29, 1.82) is 5.26 Å². The lowest BCUT2D eigenvalue weighted by molar-refractivity contribution is 0.435. The highest BCUT2D eigenvalue weighted by Gasteiger charge is 2.22. The highest BCUT2D eigenvalue weighted by Crippen LogP contribution is 2.30. The number of halogens is 2. The summed E-state index contributed by atoms with van der Waals surface area (Å²) in [5.41, 5.74) is -2.56. The third kappa shape index (κ3) is 1.81. The van der Waals surface area contributed by atoms with Crippen molar-refractivity contribution in [2.75, 3.05) is 0 Å². The largest absolute Gasteiger partial charge is 0.493 e. The van der Waals surface area contributed by atoms with E-state index in [0.29, 0.717) is 0 Å². The van der Waals surface area contributed by atoms with E-state index < -0.39 is 34.2 Å². The van der Waals surface area contributed by atoms with Gasteiger partial charge in [-0.2, -0.15) is 19.9 Å². The van der Waals surface area contributed by atoms with E-state index in [1.165, 1.54) is 0 Å². The SMILES string of the molecule is N#Cc1cc(F)c(-c2c(O)n3ncnc3[nH]c2=O)c(F)c1. The van der Waals surface area contributed by atoms with Gasteiger partial charge in [0.15, 0.2) is 0 Å². The maximum absolute atomic E-state index is 14.0. The molecule has 3 aromatic rings. The molecule has 0 aliphatic heterocycles. The van der Waals surface area contributed by atoms with Gasteiger partial charge < -0.3 is 5.11 Å². The summed E-state index contributed by atoms with van der Waals surface area (Å²) in [6.45, 7) is 0. The Labute approximate surface area is 114 Å². The fraction of sp³-hybridized carbons (Fsp3) is 0. The van der Waals surface area contributed by atoms with Crippen LogP contribution < -0.4 is 5.56 Å². The molecule has 0 aliphatic rings. The van der Waals surface area contributed by atoms with E-state index in [1.54, 1.807) is 6.07 Å². The van der Waals surface area contributed by atoms with E-state index in [2.05, 4.69) is 15.1 Å². The number of nitrogens with zero attached hydrogens (tertiary/aromatic N) is 4. The standard InChI is InChI=1S/C12H5F2N5O2/c13-6-1-5(3-15)2-7(14)8(6)9-10(20)18-12-16-4-17-19(12)11(9)21/h1-2,4,21H,(H,16,17,18,20). The fourth-order valence-electron chi connectivity index (χ4n) is 1.96. The van der Waals surface area contributed by atoms with Crippen LogP contribution in [0.3, 0.4) is 0 Å². The average Bonchev–Trinajstić information content (AvgIpc) is 2.89. The Hall–Kier alpha value is -3.28. The van der Waals surface area contributed by atoms with Crippen molar-refractivity contribution in [3.63, 3.8) is 0 Å². The van der Waals surface area contributed by atoms with Crippen LogP contribution in [0.1, 0.15) is 5.56 Å². The van der Waals surface area contributed by atoms with Gasteiger partial charge in [0.2, 0.25) is 11.7 Å². The van der Waals surface area contributed by atoms with Crippen molar-refractivity contribution in [1.82, 2.24) is 19.6 Å². The topological polar surface area (TPSA) is 107 Å². The van der Waals surface area contributed by atoms with Gasteiger partial charge in [-0.25, -0.2) is 8.78 Å². The molecule has 0 radical (unpaired) electrons. The number of rotatable bonds is 1. The van der Waals surface area contributed by atoms with E-state index in [-0.39, 0.29) is 11.3 Å². The van der Waals surface area contributed by atoms with E-state index in [9.17, 15) is 18.7 Å². The molecule has 2 heterocycles. The average molecular weight is 289 g/mol. The first-order chi connectivity index (χ1) is 10.0. The Morgan fingerprint density at radius 2 is 1.95 bits per heavy atom. The molecule has 9 heteroatoms. The Bertz CT molecular complexity index is 947. The number of aromatic amines is 1. The van der Waals surface area contributed by atoms with Gasteiger partial charge in [0, 0.05) is 0 Å². The van der Waals surface area contributed by atoms with Crippen molar-refractivity contribution in [3.05, 3.63) is 46.0 Å². The molecular formula is C12H5F2N5O2. The molecule has 0 aliphatic carbocycles. The Morgan fingerprint density at radius 1 is 1.29 bits per heavy atom. The molecule has 104 valence electrons. The van der Waals surface area contributed by atoms with Gasteiger partial charge in [-0.15, -0.1) is 0 Å². The quantitative estimate of drug-likeness (QED) is 0.693. The second kappa shape index (κ2) is 4.38. The fourth-order valence-corrected chi connectivity index (χ4v) is 1.96. The van der Waals surface area contributed by atoms with Crippen molar-refractivity contribution < 1.29 is 13.9 Å². The molecular weight excluding hydrogens is 284 g/mol. The maximum atomic E-state index is 14.0. The van der Waals surface area contributed by atoms with Crippen molar-refractivity contribution >= 4 is 5.78 Å². The molecule has 0 unspecified atom stereocenters. The van der Waals surface area contributed by atoms with Crippen LogP contribution in [0.15, 0.2) is 23.3 Å². The van der Waals surface area contributed by atoms with Crippen LogP contribution in [0.4, 0.5) is 8.78 Å². The number of H-pyrrole nitrogens is 1. The van der Waals surface area contributed by atoms with Gasteiger partial charge in [-0.1, -0.05) is 0 Å². The summed E-state index contributed by atoms with van der Waals surface area (Å²) in [4.78, 5) is 17.8. The molecule has 0 saturated carbocycles. The second-order valence-corrected chi connectivity index (χ2v) is 4.07. The zero-order chi connectivity index (χ0) is 15.1. The summed E-state index contributed by atoms with van der Waals surface area (Å²) in [5, 5.41) is 22.3. The van der Waals surface area contributed by atoms with E-state index in [4.69, 9.17) is 5.26 Å². The van der Waals surface area contributed by atoms with Gasteiger partial charge >= 0.3 is 0 Å². The predicted octanol–water partition coefficient (Wildman–Crippen LogP) is 0.940. The van der Waals surface area contributed by atoms with Crippen LogP contribution in [0, 0.1) is 23.0 Å². The lowest BCUT2D eigenvalue weighted by Crippen LogP contribution is -2.14. The molecule has 2 aromatic heterocycles. The molecule has 0 saturated heterocycles. The monoisotopic (exact) mass is 289 g/mol. The first-order valence-corrected chi connectivity index (χ1v) is 5.57. The lowest BCUT2D eigenvalue weighted by atomic mass is 10.0. The lowest BCUT2D eigenvalue weighted by Gasteiger charge is -2.07. The van der Waals surface area contributed by atoms with Gasteiger partial charge in [0.25, 0.3) is 5.56 Å². The third-order valence-corrected chi connectivity index (χ3v) is 2.85. The van der Waals surface area contributed by atoms with Gasteiger partial charge in [-0.05, 0) is 12.1 Å². The predicted molar refractivity (Wildman–Crippen MR) is 65.3 cm³/mol. The van der Waals surface area contributed by atoms with Crippen LogP contribution >= 0.6 is 0 Å². The smallest absolute Gasteiger partial charge is 0.264 e. The number of aromatic hydroxyl groups is 1. The van der Waals surface area contributed by atoms with E-state index in [1.807, 2.05) is 0 Å².